The van der Waals surface area contributed by atoms with E-state index in [1.165, 1.54) is 13.0 Å². The van der Waals surface area contributed by atoms with Crippen molar-refractivity contribution in [1.82, 2.24) is 4.90 Å². The molecule has 1 spiro atoms. The molecule has 11 atom stereocenters. The molecule has 0 saturated carbocycles. The van der Waals surface area contributed by atoms with Gasteiger partial charge in [-0.3, -0.25) is 24.0 Å². The zero-order valence-electron chi connectivity index (χ0n) is 27.4. The minimum absolute atomic E-state index is 0.00751. The lowest BCUT2D eigenvalue weighted by Gasteiger charge is -2.56. The van der Waals surface area contributed by atoms with E-state index in [0.717, 1.165) is 27.7 Å². The Morgan fingerprint density at radius 1 is 0.896 bits per heavy atom. The van der Waals surface area contributed by atoms with Crippen molar-refractivity contribution >= 4 is 29.8 Å². The summed E-state index contributed by atoms with van der Waals surface area (Å²) in [6.07, 6.45) is -6.60. The molecule has 15 heteroatoms. The molecule has 0 aromatic heterocycles. The molecule has 2 saturated heterocycles. The van der Waals surface area contributed by atoms with Gasteiger partial charge in [0.05, 0.1) is 0 Å². The van der Waals surface area contributed by atoms with E-state index in [-0.39, 0.29) is 23.3 Å². The summed E-state index contributed by atoms with van der Waals surface area (Å²) in [5.41, 5.74) is 0.866. The number of carbonyl (C=O) groups excluding carboxylic acids is 5. The average molecular weight is 674 g/mol. The molecule has 2 N–H and O–H groups in total. The Hall–Kier alpha value is -4.05. The number of esters is 5. The van der Waals surface area contributed by atoms with Crippen LogP contribution in [0.1, 0.15) is 63.8 Å². The standard InChI is InChI=1S/C33H39NO14/c1-13(35)42-23-12-19(18-11-21-20-7-8-22(40)31-33(20,9-10-34(21)6)24(18)26(23)47-31)25(41)27-28(43-14(2)36)29(44-15(3)37)30(45-16(4)38)32(48-27)46-17(5)39/h7-8,12,20-22,25,27-32,40-41H,9-11H2,1-6H3/t20-,21+,22-,25?,27+,28+,29-,30-,31-,32-,33-/m0/s1. The van der Waals surface area contributed by atoms with E-state index >= 15 is 0 Å². The molecule has 1 aromatic rings. The maximum absolute atomic E-state index is 12.4. The lowest BCUT2D eigenvalue weighted by atomic mass is 9.53. The summed E-state index contributed by atoms with van der Waals surface area (Å²) in [4.78, 5) is 63.6. The maximum atomic E-state index is 12.4. The summed E-state index contributed by atoms with van der Waals surface area (Å²) in [5.74, 6) is -3.78. The number of hydrogen-bond acceptors (Lipinski definition) is 15. The highest BCUT2D eigenvalue weighted by Crippen LogP contribution is 2.63. The first-order valence-corrected chi connectivity index (χ1v) is 15.8. The molecule has 0 amide bonds. The van der Waals surface area contributed by atoms with E-state index in [0.29, 0.717) is 36.3 Å². The predicted molar refractivity (Wildman–Crippen MR) is 159 cm³/mol. The second-order valence-electron chi connectivity index (χ2n) is 13.0. The first-order chi connectivity index (χ1) is 22.6. The van der Waals surface area contributed by atoms with Gasteiger partial charge >= 0.3 is 29.8 Å². The van der Waals surface area contributed by atoms with E-state index in [1.807, 2.05) is 13.1 Å². The second-order valence-corrected chi connectivity index (χ2v) is 13.0. The number of piperidine rings is 1. The van der Waals surface area contributed by atoms with Crippen molar-refractivity contribution in [3.8, 4) is 11.5 Å². The van der Waals surface area contributed by atoms with Crippen LogP contribution in [0.4, 0.5) is 0 Å². The van der Waals surface area contributed by atoms with Crippen molar-refractivity contribution in [3.05, 3.63) is 34.9 Å². The Morgan fingerprint density at radius 2 is 1.52 bits per heavy atom. The van der Waals surface area contributed by atoms with Crippen LogP contribution >= 0.6 is 0 Å². The van der Waals surface area contributed by atoms with Crippen LogP contribution in [0.5, 0.6) is 11.5 Å². The number of ether oxygens (including phenoxy) is 7. The van der Waals surface area contributed by atoms with Gasteiger partial charge in [0, 0.05) is 57.6 Å². The zero-order valence-corrected chi connectivity index (χ0v) is 27.4. The molecule has 3 heterocycles. The molecule has 0 radical (unpaired) electrons. The van der Waals surface area contributed by atoms with Crippen molar-refractivity contribution in [2.24, 2.45) is 5.92 Å². The van der Waals surface area contributed by atoms with Gasteiger partial charge in [0.2, 0.25) is 12.4 Å². The Bertz CT molecular complexity index is 1570. The fraction of sp³-hybridized carbons (Fsp3) is 0.606. The summed E-state index contributed by atoms with van der Waals surface area (Å²) in [7, 11) is 2.00. The van der Waals surface area contributed by atoms with Crippen LogP contribution in [0, 0.1) is 5.92 Å². The quantitative estimate of drug-likeness (QED) is 0.176. The first kappa shape index (κ1) is 33.8. The van der Waals surface area contributed by atoms with Gasteiger partial charge in [-0.15, -0.1) is 0 Å². The number of benzene rings is 1. The highest BCUT2D eigenvalue weighted by Gasteiger charge is 2.65. The van der Waals surface area contributed by atoms with Gasteiger partial charge in [0.15, 0.2) is 23.7 Å². The van der Waals surface area contributed by atoms with Crippen LogP contribution < -0.4 is 9.47 Å². The molecular weight excluding hydrogens is 634 g/mol. The van der Waals surface area contributed by atoms with Crippen LogP contribution in [0.25, 0.3) is 0 Å². The summed E-state index contributed by atoms with van der Waals surface area (Å²) in [6.45, 7) is 6.27. The van der Waals surface area contributed by atoms with Crippen molar-refractivity contribution in [2.75, 3.05) is 13.6 Å². The number of likely N-dealkylation sites (N-methyl/N-ethyl adjacent to an activating group) is 1. The monoisotopic (exact) mass is 673 g/mol. The van der Waals surface area contributed by atoms with Gasteiger partial charge in [-0.25, -0.2) is 0 Å². The molecule has 1 unspecified atom stereocenters. The number of nitrogens with zero attached hydrogens (tertiary/aromatic N) is 1. The second kappa shape index (κ2) is 12.4. The van der Waals surface area contributed by atoms with Crippen molar-refractivity contribution in [3.63, 3.8) is 0 Å². The first-order valence-electron chi connectivity index (χ1n) is 15.8. The highest BCUT2D eigenvalue weighted by molar-refractivity contribution is 5.74. The number of aliphatic hydroxyl groups excluding tert-OH is 2. The van der Waals surface area contributed by atoms with E-state index in [1.54, 1.807) is 6.08 Å². The fourth-order valence-corrected chi connectivity index (χ4v) is 8.33. The molecule has 6 rings (SSSR count). The van der Waals surface area contributed by atoms with Gasteiger partial charge < -0.3 is 48.3 Å². The Labute approximate surface area is 276 Å². The molecule has 15 nitrogen and oxygen atoms in total. The van der Waals surface area contributed by atoms with E-state index in [4.69, 9.17) is 33.2 Å². The number of likely N-dealkylation sites (tertiary alicyclic amines) is 1. The fourth-order valence-electron chi connectivity index (χ4n) is 8.33. The van der Waals surface area contributed by atoms with Gasteiger partial charge in [-0.05, 0) is 43.6 Å². The topological polar surface area (TPSA) is 194 Å². The van der Waals surface area contributed by atoms with Crippen LogP contribution in [0.3, 0.4) is 0 Å². The summed E-state index contributed by atoms with van der Waals surface area (Å²) in [6, 6.07) is 1.38. The van der Waals surface area contributed by atoms with Crippen LogP contribution in [-0.4, -0.2) is 108 Å². The third-order valence-corrected chi connectivity index (χ3v) is 9.90. The highest BCUT2D eigenvalue weighted by atomic mass is 16.7. The minimum atomic E-state index is -1.69. The Balaban J connectivity index is 1.54. The van der Waals surface area contributed by atoms with Gasteiger partial charge in [0.25, 0.3) is 0 Å². The minimum Gasteiger partial charge on any atom is -0.482 e. The SMILES string of the molecule is CC(=O)Oc1cc(C(O)[C@H]2O[C@H](OC(C)=O)[C@@H](OC(C)=O)[C@@H](OC(C)=O)[C@@H]2OC(C)=O)c2c3c1O[C@H]1[C@@H](O)C=C[C@H]4[C@@H](C2)N(C)CC[C@@]341. The molecule has 48 heavy (non-hydrogen) atoms. The molecular formula is C33H39NO14. The van der Waals surface area contributed by atoms with E-state index in [9.17, 15) is 34.2 Å². The largest absolute Gasteiger partial charge is 0.482 e. The molecule has 2 aliphatic carbocycles. The number of hydrogen-bond donors (Lipinski definition) is 2. The van der Waals surface area contributed by atoms with Gasteiger partial charge in [-0.1, -0.05) is 12.2 Å². The summed E-state index contributed by atoms with van der Waals surface area (Å²) >= 11 is 0. The van der Waals surface area contributed by atoms with Gasteiger partial charge in [-0.2, -0.15) is 0 Å². The lowest BCUT2D eigenvalue weighted by molar-refractivity contribution is -0.308. The average Bonchev–Trinajstić information content (AvgIpc) is 3.34. The molecule has 260 valence electrons. The molecule has 2 fully saturated rings. The van der Waals surface area contributed by atoms with Crippen LogP contribution in [-0.2, 0) is 59.5 Å². The maximum Gasteiger partial charge on any atom is 0.308 e. The third kappa shape index (κ3) is 5.51. The van der Waals surface area contributed by atoms with Gasteiger partial charge in [0.1, 0.15) is 24.4 Å². The van der Waals surface area contributed by atoms with Crippen LogP contribution in [0.15, 0.2) is 18.2 Å². The number of carbonyl (C=O) groups is 5. The number of rotatable bonds is 7. The van der Waals surface area contributed by atoms with E-state index < -0.39 is 84.3 Å². The zero-order chi connectivity index (χ0) is 34.8. The van der Waals surface area contributed by atoms with E-state index in [2.05, 4.69) is 4.90 Å². The normalized spacial score (nSPS) is 35.0. The molecule has 5 aliphatic rings. The third-order valence-electron chi connectivity index (χ3n) is 9.90. The molecule has 3 aliphatic heterocycles. The summed E-state index contributed by atoms with van der Waals surface area (Å²) < 4.78 is 40.0. The molecule has 1 aromatic carbocycles. The van der Waals surface area contributed by atoms with Crippen LogP contribution in [0.2, 0.25) is 0 Å². The molecule has 2 bridgehead atoms. The smallest absolute Gasteiger partial charge is 0.308 e. The Kier molecular flexibility index (Phi) is 8.77. The number of aliphatic hydroxyl groups is 2. The lowest BCUT2D eigenvalue weighted by Crippen LogP contribution is -2.65. The summed E-state index contributed by atoms with van der Waals surface area (Å²) in [5, 5.41) is 23.5. The van der Waals surface area contributed by atoms with Crippen molar-refractivity contribution in [1.29, 1.82) is 0 Å². The predicted octanol–water partition coefficient (Wildman–Crippen LogP) is 0.534. The Morgan fingerprint density at radius 3 is 2.15 bits per heavy atom. The van der Waals surface area contributed by atoms with Crippen molar-refractivity contribution < 1.29 is 67.3 Å². The van der Waals surface area contributed by atoms with Crippen molar-refractivity contribution in [2.45, 2.75) is 108 Å².